The second kappa shape index (κ2) is 3.89. The van der Waals surface area contributed by atoms with E-state index in [-0.39, 0.29) is 0 Å². The van der Waals surface area contributed by atoms with Crippen LogP contribution in [0.5, 0.6) is 0 Å². The van der Waals surface area contributed by atoms with E-state index in [0.29, 0.717) is 6.04 Å². The molecule has 0 aromatic heterocycles. The van der Waals surface area contributed by atoms with Gasteiger partial charge in [0, 0.05) is 13.1 Å². The quantitative estimate of drug-likeness (QED) is 0.417. The van der Waals surface area contributed by atoms with Crippen LogP contribution >= 0.6 is 0 Å². The molecule has 1 heteroatoms. The van der Waals surface area contributed by atoms with Crippen LogP contribution in [-0.4, -0.2) is 6.04 Å². The first-order chi connectivity index (χ1) is 4.43. The Kier molecular flexibility index (Phi) is 3.05. The maximum absolute atomic E-state index is 5.32. The van der Waals surface area contributed by atoms with Gasteiger partial charge in [-0.05, 0) is 12.8 Å². The SMILES string of the molecule is [CH]NC1CCCCCC1. The van der Waals surface area contributed by atoms with Gasteiger partial charge >= 0.3 is 0 Å². The Hall–Kier alpha value is -0.0400. The summed E-state index contributed by atoms with van der Waals surface area (Å²) in [6.07, 6.45) is 8.06. The first-order valence-corrected chi connectivity index (χ1v) is 3.89. The average molecular weight is 125 g/mol. The van der Waals surface area contributed by atoms with Gasteiger partial charge < -0.3 is 5.32 Å². The Morgan fingerprint density at radius 2 is 1.56 bits per heavy atom. The van der Waals surface area contributed by atoms with Gasteiger partial charge in [0.15, 0.2) is 0 Å². The summed E-state index contributed by atoms with van der Waals surface area (Å²) in [5, 5.41) is 2.84. The molecule has 1 aliphatic rings. The zero-order chi connectivity index (χ0) is 6.53. The van der Waals surface area contributed by atoms with Gasteiger partial charge in [-0.1, -0.05) is 25.7 Å². The second-order valence-corrected chi connectivity index (χ2v) is 2.86. The lowest BCUT2D eigenvalue weighted by atomic mass is 10.1. The summed E-state index contributed by atoms with van der Waals surface area (Å²) < 4.78 is 0. The molecule has 0 aromatic carbocycles. The number of hydrogen-bond acceptors (Lipinski definition) is 1. The van der Waals surface area contributed by atoms with Crippen molar-refractivity contribution in [1.82, 2.24) is 5.32 Å². The molecule has 0 saturated heterocycles. The van der Waals surface area contributed by atoms with Crippen LogP contribution in [0, 0.1) is 7.05 Å². The molecule has 2 radical (unpaired) electrons. The molecular weight excluding hydrogens is 110 g/mol. The molecule has 0 bridgehead atoms. The van der Waals surface area contributed by atoms with Crippen LogP contribution in [0.15, 0.2) is 0 Å². The second-order valence-electron chi connectivity index (χ2n) is 2.86. The van der Waals surface area contributed by atoms with Crippen molar-refractivity contribution in [2.75, 3.05) is 0 Å². The highest BCUT2D eigenvalue weighted by Crippen LogP contribution is 2.16. The zero-order valence-corrected chi connectivity index (χ0v) is 5.90. The smallest absolute Gasteiger partial charge is 0.0409 e. The highest BCUT2D eigenvalue weighted by molar-refractivity contribution is 4.69. The summed E-state index contributed by atoms with van der Waals surface area (Å²) in [4.78, 5) is 0. The minimum atomic E-state index is 0.604. The van der Waals surface area contributed by atoms with E-state index in [0.717, 1.165) is 0 Å². The van der Waals surface area contributed by atoms with E-state index in [4.69, 9.17) is 7.05 Å². The normalized spacial score (nSPS) is 23.7. The number of nitrogens with one attached hydrogen (secondary N) is 1. The summed E-state index contributed by atoms with van der Waals surface area (Å²) in [5.74, 6) is 0. The van der Waals surface area contributed by atoms with Gasteiger partial charge in [0.1, 0.15) is 0 Å². The molecule has 0 unspecified atom stereocenters. The van der Waals surface area contributed by atoms with E-state index < -0.39 is 0 Å². The van der Waals surface area contributed by atoms with E-state index in [9.17, 15) is 0 Å². The third kappa shape index (κ3) is 2.35. The van der Waals surface area contributed by atoms with Crippen molar-refractivity contribution in [3.05, 3.63) is 7.05 Å². The fourth-order valence-electron chi connectivity index (χ4n) is 1.45. The molecular formula is C8H15N. The van der Waals surface area contributed by atoms with Gasteiger partial charge in [-0.2, -0.15) is 0 Å². The van der Waals surface area contributed by atoms with Crippen LogP contribution in [0.25, 0.3) is 0 Å². The number of hydrogen-bond donors (Lipinski definition) is 1. The average Bonchev–Trinajstić information content (AvgIpc) is 2.13. The van der Waals surface area contributed by atoms with Crippen LogP contribution in [0.1, 0.15) is 38.5 Å². The Morgan fingerprint density at radius 1 is 1.00 bits per heavy atom. The minimum Gasteiger partial charge on any atom is -0.308 e. The van der Waals surface area contributed by atoms with E-state index in [2.05, 4.69) is 5.32 Å². The van der Waals surface area contributed by atoms with Gasteiger partial charge in [-0.3, -0.25) is 0 Å². The Labute approximate surface area is 57.8 Å². The fraction of sp³-hybridized carbons (Fsp3) is 0.875. The first kappa shape index (κ1) is 7.07. The monoisotopic (exact) mass is 125 g/mol. The maximum atomic E-state index is 5.32. The lowest BCUT2D eigenvalue weighted by Gasteiger charge is -2.10. The predicted octanol–water partition coefficient (Wildman–Crippen LogP) is 1.97. The molecule has 1 saturated carbocycles. The molecule has 9 heavy (non-hydrogen) atoms. The van der Waals surface area contributed by atoms with Gasteiger partial charge in [-0.25, -0.2) is 0 Å². The standard InChI is InChI=1S/C8H15N/c1-9-8-6-4-2-3-5-7-8/h1,8-9H,2-7H2. The molecule has 1 N–H and O–H groups in total. The lowest BCUT2D eigenvalue weighted by Crippen LogP contribution is -2.21. The molecule has 0 amide bonds. The molecule has 0 heterocycles. The van der Waals surface area contributed by atoms with Crippen molar-refractivity contribution in [2.24, 2.45) is 0 Å². The number of rotatable bonds is 1. The molecule has 0 spiro atoms. The third-order valence-electron chi connectivity index (χ3n) is 2.09. The third-order valence-corrected chi connectivity index (χ3v) is 2.09. The Morgan fingerprint density at radius 3 is 2.00 bits per heavy atom. The largest absolute Gasteiger partial charge is 0.308 e. The Bertz CT molecular complexity index is 63.0. The molecule has 52 valence electrons. The summed E-state index contributed by atoms with van der Waals surface area (Å²) in [7, 11) is 5.32. The summed E-state index contributed by atoms with van der Waals surface area (Å²) >= 11 is 0. The van der Waals surface area contributed by atoms with Crippen LogP contribution in [0.3, 0.4) is 0 Å². The van der Waals surface area contributed by atoms with Crippen molar-refractivity contribution in [1.29, 1.82) is 0 Å². The zero-order valence-electron chi connectivity index (χ0n) is 5.90. The van der Waals surface area contributed by atoms with Crippen LogP contribution in [0.4, 0.5) is 0 Å². The highest BCUT2D eigenvalue weighted by atomic mass is 14.9. The van der Waals surface area contributed by atoms with Crippen molar-refractivity contribution < 1.29 is 0 Å². The van der Waals surface area contributed by atoms with E-state index in [1.807, 2.05) is 0 Å². The fourth-order valence-corrected chi connectivity index (χ4v) is 1.45. The minimum absolute atomic E-state index is 0.604. The van der Waals surface area contributed by atoms with E-state index in [1.165, 1.54) is 38.5 Å². The summed E-state index contributed by atoms with van der Waals surface area (Å²) in [5.41, 5.74) is 0. The molecule has 0 aromatic rings. The molecule has 1 rings (SSSR count). The topological polar surface area (TPSA) is 12.0 Å². The first-order valence-electron chi connectivity index (χ1n) is 3.89. The highest BCUT2D eigenvalue weighted by Gasteiger charge is 2.08. The molecule has 1 fully saturated rings. The van der Waals surface area contributed by atoms with Crippen molar-refractivity contribution in [3.8, 4) is 0 Å². The van der Waals surface area contributed by atoms with Crippen molar-refractivity contribution >= 4 is 0 Å². The van der Waals surface area contributed by atoms with Crippen LogP contribution in [0.2, 0.25) is 0 Å². The van der Waals surface area contributed by atoms with Gasteiger partial charge in [0.05, 0.1) is 0 Å². The van der Waals surface area contributed by atoms with Crippen molar-refractivity contribution in [3.63, 3.8) is 0 Å². The van der Waals surface area contributed by atoms with E-state index in [1.54, 1.807) is 0 Å². The maximum Gasteiger partial charge on any atom is 0.0409 e. The molecule has 0 aliphatic heterocycles. The predicted molar refractivity (Wildman–Crippen MR) is 38.9 cm³/mol. The summed E-state index contributed by atoms with van der Waals surface area (Å²) in [6, 6.07) is 0.604. The molecule has 0 atom stereocenters. The van der Waals surface area contributed by atoms with Crippen LogP contribution in [-0.2, 0) is 0 Å². The van der Waals surface area contributed by atoms with Crippen molar-refractivity contribution in [2.45, 2.75) is 44.6 Å². The van der Waals surface area contributed by atoms with Gasteiger partial charge in [0.25, 0.3) is 0 Å². The Balaban J connectivity index is 2.18. The molecule has 1 nitrogen and oxygen atoms in total. The lowest BCUT2D eigenvalue weighted by molar-refractivity contribution is 0.515. The van der Waals surface area contributed by atoms with E-state index >= 15 is 0 Å². The van der Waals surface area contributed by atoms with Gasteiger partial charge in [0.2, 0.25) is 0 Å². The molecule has 1 aliphatic carbocycles. The van der Waals surface area contributed by atoms with Gasteiger partial charge in [-0.15, -0.1) is 0 Å². The van der Waals surface area contributed by atoms with Crippen LogP contribution < -0.4 is 5.32 Å². The summed E-state index contributed by atoms with van der Waals surface area (Å²) in [6.45, 7) is 0.